The number of hydrogen-bond donors (Lipinski definition) is 0. The first kappa shape index (κ1) is 10.6. The van der Waals surface area contributed by atoms with Gasteiger partial charge in [-0.25, -0.2) is 4.98 Å². The number of nitrogens with zero attached hydrogens (tertiary/aromatic N) is 3. The summed E-state index contributed by atoms with van der Waals surface area (Å²) in [5.41, 5.74) is 4.21. The van der Waals surface area contributed by atoms with Gasteiger partial charge in [0.15, 0.2) is 0 Å². The van der Waals surface area contributed by atoms with Crippen molar-refractivity contribution >= 4 is 0 Å². The van der Waals surface area contributed by atoms with Crippen molar-refractivity contribution in [3.63, 3.8) is 0 Å². The van der Waals surface area contributed by atoms with E-state index in [2.05, 4.69) is 39.4 Å². The molecule has 0 unspecified atom stereocenters. The van der Waals surface area contributed by atoms with Gasteiger partial charge in [0, 0.05) is 5.56 Å². The van der Waals surface area contributed by atoms with E-state index in [1.165, 1.54) is 17.5 Å². The van der Waals surface area contributed by atoms with E-state index in [4.69, 9.17) is 0 Å². The zero-order chi connectivity index (χ0) is 12.2. The molecular formula is C15H11N3. The molecule has 18 heavy (non-hydrogen) atoms. The maximum absolute atomic E-state index is 4.04. The van der Waals surface area contributed by atoms with Crippen molar-refractivity contribution in [2.75, 3.05) is 0 Å². The van der Waals surface area contributed by atoms with Gasteiger partial charge in [-0.2, -0.15) is 0 Å². The van der Waals surface area contributed by atoms with Gasteiger partial charge in [-0.05, 0) is 11.1 Å². The maximum atomic E-state index is 4.04. The highest BCUT2D eigenvalue weighted by atomic mass is 15.1. The van der Waals surface area contributed by atoms with Gasteiger partial charge in [-0.3, -0.25) is 0 Å². The average molecular weight is 233 g/mol. The highest BCUT2D eigenvalue weighted by Crippen LogP contribution is 2.22. The smallest absolute Gasteiger partial charge is 0.138 e. The zero-order valence-corrected chi connectivity index (χ0v) is 9.69. The number of benzene rings is 2. The van der Waals surface area contributed by atoms with E-state index in [1.54, 1.807) is 6.20 Å². The molecule has 0 aliphatic rings. The normalized spacial score (nSPS) is 10.2. The lowest BCUT2D eigenvalue weighted by molar-refractivity contribution is 0.976. The van der Waals surface area contributed by atoms with Crippen molar-refractivity contribution in [2.24, 2.45) is 0 Å². The SMILES string of the molecule is c1ccc(-c2ccc(-c3cncnn3)cc2)cc1. The summed E-state index contributed by atoms with van der Waals surface area (Å²) in [4.78, 5) is 3.97. The molecule has 1 heterocycles. The van der Waals surface area contributed by atoms with E-state index in [0.29, 0.717) is 0 Å². The van der Waals surface area contributed by atoms with Crippen molar-refractivity contribution in [3.05, 3.63) is 67.1 Å². The van der Waals surface area contributed by atoms with Crippen LogP contribution in [0.3, 0.4) is 0 Å². The summed E-state index contributed by atoms with van der Waals surface area (Å²) in [7, 11) is 0. The van der Waals surface area contributed by atoms with Crippen LogP contribution in [0.25, 0.3) is 22.4 Å². The van der Waals surface area contributed by atoms with Crippen LogP contribution >= 0.6 is 0 Å². The van der Waals surface area contributed by atoms with E-state index >= 15 is 0 Å². The van der Waals surface area contributed by atoms with Crippen LogP contribution in [0.2, 0.25) is 0 Å². The van der Waals surface area contributed by atoms with Gasteiger partial charge in [0.2, 0.25) is 0 Å². The summed E-state index contributed by atoms with van der Waals surface area (Å²) in [6.45, 7) is 0. The topological polar surface area (TPSA) is 38.7 Å². The van der Waals surface area contributed by atoms with E-state index in [9.17, 15) is 0 Å². The van der Waals surface area contributed by atoms with Crippen LogP contribution in [0.15, 0.2) is 67.1 Å². The summed E-state index contributed by atoms with van der Waals surface area (Å²) < 4.78 is 0. The molecule has 0 atom stereocenters. The molecule has 0 amide bonds. The number of hydrogen-bond acceptors (Lipinski definition) is 3. The second-order valence-corrected chi connectivity index (χ2v) is 3.94. The van der Waals surface area contributed by atoms with Crippen molar-refractivity contribution in [1.82, 2.24) is 15.2 Å². The van der Waals surface area contributed by atoms with Crippen LogP contribution in [0, 0.1) is 0 Å². The molecule has 0 aliphatic carbocycles. The number of rotatable bonds is 2. The molecule has 0 aliphatic heterocycles. The lowest BCUT2D eigenvalue weighted by atomic mass is 10.0. The Balaban J connectivity index is 1.95. The Morgan fingerprint density at radius 3 is 2.00 bits per heavy atom. The second-order valence-electron chi connectivity index (χ2n) is 3.94. The van der Waals surface area contributed by atoms with Gasteiger partial charge in [0.05, 0.1) is 6.20 Å². The third kappa shape index (κ3) is 2.11. The van der Waals surface area contributed by atoms with E-state index in [1.807, 2.05) is 30.3 Å². The summed E-state index contributed by atoms with van der Waals surface area (Å²) >= 11 is 0. The Hall–Kier alpha value is -2.55. The molecule has 3 aromatic rings. The molecule has 3 rings (SSSR count). The van der Waals surface area contributed by atoms with Crippen LogP contribution in [-0.4, -0.2) is 15.2 Å². The highest BCUT2D eigenvalue weighted by molar-refractivity contribution is 5.68. The van der Waals surface area contributed by atoms with E-state index < -0.39 is 0 Å². The fourth-order valence-corrected chi connectivity index (χ4v) is 1.84. The molecule has 0 N–H and O–H groups in total. The van der Waals surface area contributed by atoms with Crippen LogP contribution in [0.4, 0.5) is 0 Å². The predicted molar refractivity (Wildman–Crippen MR) is 70.7 cm³/mol. The Morgan fingerprint density at radius 1 is 0.667 bits per heavy atom. The zero-order valence-electron chi connectivity index (χ0n) is 9.69. The molecule has 0 saturated carbocycles. The molecule has 3 nitrogen and oxygen atoms in total. The largest absolute Gasteiger partial charge is 0.241 e. The fourth-order valence-electron chi connectivity index (χ4n) is 1.84. The molecule has 86 valence electrons. The van der Waals surface area contributed by atoms with Crippen molar-refractivity contribution in [3.8, 4) is 22.4 Å². The molecule has 0 bridgehead atoms. The van der Waals surface area contributed by atoms with E-state index in [-0.39, 0.29) is 0 Å². The molecule has 1 aromatic heterocycles. The van der Waals surface area contributed by atoms with Gasteiger partial charge in [0.1, 0.15) is 12.0 Å². The summed E-state index contributed by atoms with van der Waals surface area (Å²) in [6.07, 6.45) is 3.15. The van der Waals surface area contributed by atoms with Crippen LogP contribution in [0.5, 0.6) is 0 Å². The Bertz CT molecular complexity index is 560. The molecule has 3 heteroatoms. The molecule has 0 fully saturated rings. The Morgan fingerprint density at radius 2 is 1.33 bits per heavy atom. The highest BCUT2D eigenvalue weighted by Gasteiger charge is 2.00. The first-order valence-corrected chi connectivity index (χ1v) is 5.72. The maximum Gasteiger partial charge on any atom is 0.138 e. The van der Waals surface area contributed by atoms with Crippen LogP contribution in [0.1, 0.15) is 0 Å². The molecule has 0 saturated heterocycles. The van der Waals surface area contributed by atoms with Crippen molar-refractivity contribution in [1.29, 1.82) is 0 Å². The minimum atomic E-state index is 0.789. The Labute approximate surface area is 105 Å². The first-order chi connectivity index (χ1) is 8.93. The van der Waals surface area contributed by atoms with Crippen molar-refractivity contribution in [2.45, 2.75) is 0 Å². The molecule has 0 radical (unpaired) electrons. The van der Waals surface area contributed by atoms with Gasteiger partial charge < -0.3 is 0 Å². The van der Waals surface area contributed by atoms with Gasteiger partial charge in [0.25, 0.3) is 0 Å². The second kappa shape index (κ2) is 4.75. The first-order valence-electron chi connectivity index (χ1n) is 5.72. The molecule has 0 spiro atoms. The lowest BCUT2D eigenvalue weighted by Crippen LogP contribution is -1.88. The van der Waals surface area contributed by atoms with Gasteiger partial charge in [-0.15, -0.1) is 10.2 Å². The summed E-state index contributed by atoms with van der Waals surface area (Å²) in [6, 6.07) is 18.5. The van der Waals surface area contributed by atoms with E-state index in [0.717, 1.165) is 11.3 Å². The molecule has 2 aromatic carbocycles. The van der Waals surface area contributed by atoms with Crippen LogP contribution < -0.4 is 0 Å². The van der Waals surface area contributed by atoms with Crippen LogP contribution in [-0.2, 0) is 0 Å². The third-order valence-electron chi connectivity index (χ3n) is 2.77. The average Bonchev–Trinajstić information content (AvgIpc) is 2.49. The van der Waals surface area contributed by atoms with Gasteiger partial charge >= 0.3 is 0 Å². The number of aromatic nitrogens is 3. The summed E-state index contributed by atoms with van der Waals surface area (Å²) in [5, 5.41) is 7.82. The van der Waals surface area contributed by atoms with Crippen molar-refractivity contribution < 1.29 is 0 Å². The minimum absolute atomic E-state index is 0.789. The minimum Gasteiger partial charge on any atom is -0.241 e. The summed E-state index contributed by atoms with van der Waals surface area (Å²) in [5.74, 6) is 0. The Kier molecular flexibility index (Phi) is 2.80. The standard InChI is InChI=1S/C15H11N3/c1-2-4-12(5-3-1)13-6-8-14(9-7-13)15-10-16-11-17-18-15/h1-11H. The fraction of sp³-hybridized carbons (Fsp3) is 0. The lowest BCUT2D eigenvalue weighted by Gasteiger charge is -2.03. The monoisotopic (exact) mass is 233 g/mol. The quantitative estimate of drug-likeness (QED) is 0.682. The third-order valence-corrected chi connectivity index (χ3v) is 2.77. The molecular weight excluding hydrogens is 222 g/mol. The van der Waals surface area contributed by atoms with Gasteiger partial charge in [-0.1, -0.05) is 54.6 Å². The predicted octanol–water partition coefficient (Wildman–Crippen LogP) is 3.21.